The van der Waals surface area contributed by atoms with Gasteiger partial charge in [0.15, 0.2) is 16.7 Å². The van der Waals surface area contributed by atoms with E-state index < -0.39 is 0 Å². The van der Waals surface area contributed by atoms with Crippen LogP contribution in [0.25, 0.3) is 6.08 Å². The number of ether oxygens (including phenoxy) is 2. The maximum atomic E-state index is 13.6. The lowest BCUT2D eigenvalue weighted by Crippen LogP contribution is -2.28. The molecule has 1 aliphatic heterocycles. The van der Waals surface area contributed by atoms with Crippen LogP contribution in [0.3, 0.4) is 0 Å². The largest absolute Gasteiger partial charge is 0.493 e. The van der Waals surface area contributed by atoms with Crippen LogP contribution in [0.15, 0.2) is 75.0 Å². The second kappa shape index (κ2) is 13.6. The highest BCUT2D eigenvalue weighted by molar-refractivity contribution is 9.10. The molecule has 0 aliphatic carbocycles. The van der Waals surface area contributed by atoms with Gasteiger partial charge in [0.2, 0.25) is 0 Å². The Bertz CT molecular complexity index is 1350. The number of carbonyl (C=O) groups excluding carboxylic acids is 1. The lowest BCUT2D eigenvalue weighted by molar-refractivity contribution is -0.113. The second-order valence-electron chi connectivity index (χ2n) is 8.54. The number of amides is 1. The van der Waals surface area contributed by atoms with E-state index in [4.69, 9.17) is 37.7 Å². The number of halogens is 3. The summed E-state index contributed by atoms with van der Waals surface area (Å²) in [5.74, 6) is 1.07. The van der Waals surface area contributed by atoms with Gasteiger partial charge in [-0.2, -0.15) is 0 Å². The molecule has 0 aromatic heterocycles. The van der Waals surface area contributed by atoms with Gasteiger partial charge in [0.1, 0.15) is 0 Å². The number of carbonyl (C=O) groups is 1. The first-order valence-corrected chi connectivity index (χ1v) is 14.6. The Labute approximate surface area is 246 Å². The van der Waals surface area contributed by atoms with Crippen molar-refractivity contribution in [1.29, 1.82) is 0 Å². The number of anilines is 1. The number of amidine groups is 1. The molecule has 1 amide bonds. The van der Waals surface area contributed by atoms with Gasteiger partial charge in [0.25, 0.3) is 5.91 Å². The minimum absolute atomic E-state index is 0.184. The minimum atomic E-state index is -0.184. The first-order chi connectivity index (χ1) is 18.4. The van der Waals surface area contributed by atoms with Crippen LogP contribution in [0, 0.1) is 0 Å². The third kappa shape index (κ3) is 7.14. The summed E-state index contributed by atoms with van der Waals surface area (Å²) in [6.45, 7) is 2.80. The molecule has 0 bridgehead atoms. The Morgan fingerprint density at radius 3 is 2.34 bits per heavy atom. The van der Waals surface area contributed by atoms with Crippen molar-refractivity contribution in [3.8, 4) is 11.5 Å². The fraction of sp³-hybridized carbons (Fsp3) is 0.241. The molecule has 0 N–H and O–H groups in total. The second-order valence-corrected chi connectivity index (χ2v) is 11.3. The van der Waals surface area contributed by atoms with Crippen LogP contribution in [-0.2, 0) is 4.79 Å². The van der Waals surface area contributed by atoms with Gasteiger partial charge in [-0.25, -0.2) is 4.99 Å². The van der Waals surface area contributed by atoms with E-state index in [0.717, 1.165) is 22.9 Å². The number of rotatable bonds is 10. The van der Waals surface area contributed by atoms with Crippen molar-refractivity contribution in [1.82, 2.24) is 0 Å². The quantitative estimate of drug-likeness (QED) is 0.165. The van der Waals surface area contributed by atoms with E-state index in [-0.39, 0.29) is 5.91 Å². The highest BCUT2D eigenvalue weighted by Crippen LogP contribution is 2.41. The molecule has 1 fully saturated rings. The van der Waals surface area contributed by atoms with Gasteiger partial charge >= 0.3 is 0 Å². The van der Waals surface area contributed by atoms with Crippen LogP contribution in [0.5, 0.6) is 11.5 Å². The number of benzene rings is 3. The number of hydrogen-bond acceptors (Lipinski definition) is 5. The van der Waals surface area contributed by atoms with Gasteiger partial charge < -0.3 is 9.47 Å². The molecule has 9 heteroatoms. The zero-order valence-corrected chi connectivity index (χ0v) is 25.0. The van der Waals surface area contributed by atoms with E-state index in [2.05, 4.69) is 22.9 Å². The summed E-state index contributed by atoms with van der Waals surface area (Å²) in [5.41, 5.74) is 2.16. The molecule has 0 unspecified atom stereocenters. The number of methoxy groups -OCH3 is 1. The lowest BCUT2D eigenvalue weighted by atomic mass is 10.1. The summed E-state index contributed by atoms with van der Waals surface area (Å²) in [4.78, 5) is 20.5. The molecule has 3 aromatic carbocycles. The molecule has 5 nitrogen and oxygen atoms in total. The predicted molar refractivity (Wildman–Crippen MR) is 163 cm³/mol. The Balaban J connectivity index is 1.65. The van der Waals surface area contributed by atoms with E-state index in [1.165, 1.54) is 24.6 Å². The fourth-order valence-corrected chi connectivity index (χ4v) is 5.64. The number of thioether (sulfide) groups is 1. The molecule has 1 aliphatic rings. The van der Waals surface area contributed by atoms with E-state index in [1.807, 2.05) is 30.3 Å². The molecule has 0 saturated carbocycles. The Kier molecular flexibility index (Phi) is 10.2. The van der Waals surface area contributed by atoms with Crippen LogP contribution in [-0.4, -0.2) is 24.8 Å². The number of aliphatic imine (C=N–C) groups is 1. The van der Waals surface area contributed by atoms with Crippen molar-refractivity contribution in [2.45, 2.75) is 32.6 Å². The average molecular weight is 634 g/mol. The van der Waals surface area contributed by atoms with Crippen molar-refractivity contribution in [2.24, 2.45) is 4.99 Å². The summed E-state index contributed by atoms with van der Waals surface area (Å²) in [7, 11) is 1.61. The normalized spacial score (nSPS) is 15.5. The Morgan fingerprint density at radius 2 is 1.68 bits per heavy atom. The van der Waals surface area contributed by atoms with Gasteiger partial charge in [0, 0.05) is 10.0 Å². The number of unbranched alkanes of at least 4 members (excludes halogenated alkanes) is 3. The van der Waals surface area contributed by atoms with Gasteiger partial charge in [-0.1, -0.05) is 49.4 Å². The molecule has 1 heterocycles. The summed E-state index contributed by atoms with van der Waals surface area (Å²) in [5, 5.41) is 1.74. The van der Waals surface area contributed by atoms with Gasteiger partial charge in [0.05, 0.1) is 34.5 Å². The van der Waals surface area contributed by atoms with E-state index >= 15 is 0 Å². The predicted octanol–water partition coefficient (Wildman–Crippen LogP) is 9.53. The maximum Gasteiger partial charge on any atom is 0.271 e. The maximum absolute atomic E-state index is 13.6. The first-order valence-electron chi connectivity index (χ1n) is 12.2. The average Bonchev–Trinajstić information content (AvgIpc) is 3.20. The van der Waals surface area contributed by atoms with Crippen molar-refractivity contribution in [2.75, 3.05) is 18.6 Å². The summed E-state index contributed by atoms with van der Waals surface area (Å²) < 4.78 is 12.4. The van der Waals surface area contributed by atoms with Gasteiger partial charge in [-0.05, 0) is 106 Å². The van der Waals surface area contributed by atoms with Crippen LogP contribution >= 0.6 is 50.9 Å². The highest BCUT2D eigenvalue weighted by Gasteiger charge is 2.35. The van der Waals surface area contributed by atoms with Crippen LogP contribution in [0.4, 0.5) is 11.4 Å². The number of hydrogen-bond donors (Lipinski definition) is 0. The molecular weight excluding hydrogens is 607 g/mol. The molecule has 0 atom stereocenters. The third-order valence-electron chi connectivity index (χ3n) is 5.74. The standard InChI is InChI=1S/C29H27BrCl2N2O3S/c1-3-4-5-6-15-37-27-24(30)16-19(17-25(27)36-2)18-26-28(35)34(23-13-9-21(32)10-14-23)29(38-26)33-22-11-7-20(31)8-12-22/h7-14,16-18H,3-6,15H2,1-2H3/b26-18+,33-29?. The van der Waals surface area contributed by atoms with E-state index in [1.54, 1.807) is 48.4 Å². The summed E-state index contributed by atoms with van der Waals surface area (Å²) >= 11 is 17.0. The topological polar surface area (TPSA) is 51.1 Å². The minimum Gasteiger partial charge on any atom is -0.493 e. The van der Waals surface area contributed by atoms with E-state index in [0.29, 0.717) is 49.6 Å². The Morgan fingerprint density at radius 1 is 1.00 bits per heavy atom. The van der Waals surface area contributed by atoms with E-state index in [9.17, 15) is 4.79 Å². The number of nitrogens with zero attached hydrogens (tertiary/aromatic N) is 2. The molecule has 38 heavy (non-hydrogen) atoms. The molecule has 198 valence electrons. The lowest BCUT2D eigenvalue weighted by Gasteiger charge is -2.15. The summed E-state index contributed by atoms with van der Waals surface area (Å²) in [6, 6.07) is 18.0. The smallest absolute Gasteiger partial charge is 0.271 e. The van der Waals surface area contributed by atoms with Crippen LogP contribution in [0.1, 0.15) is 38.2 Å². The summed E-state index contributed by atoms with van der Waals surface area (Å²) in [6.07, 6.45) is 6.31. The van der Waals surface area contributed by atoms with Crippen molar-refractivity contribution in [3.05, 3.63) is 85.7 Å². The van der Waals surface area contributed by atoms with Gasteiger partial charge in [-0.15, -0.1) is 0 Å². The monoisotopic (exact) mass is 632 g/mol. The molecule has 0 spiro atoms. The van der Waals surface area contributed by atoms with Crippen molar-refractivity contribution >= 4 is 79.4 Å². The van der Waals surface area contributed by atoms with Crippen LogP contribution < -0.4 is 14.4 Å². The van der Waals surface area contributed by atoms with Crippen LogP contribution in [0.2, 0.25) is 10.0 Å². The SMILES string of the molecule is CCCCCCOc1c(Br)cc(/C=C2/SC(=Nc3ccc(Cl)cc3)N(c3ccc(Cl)cc3)C2=O)cc1OC. The van der Waals surface area contributed by atoms with Crippen molar-refractivity contribution < 1.29 is 14.3 Å². The molecule has 0 radical (unpaired) electrons. The molecule has 3 aromatic rings. The highest BCUT2D eigenvalue weighted by atomic mass is 79.9. The fourth-order valence-electron chi connectivity index (χ4n) is 3.81. The third-order valence-corrected chi connectivity index (χ3v) is 7.80. The zero-order valence-electron chi connectivity index (χ0n) is 21.0. The zero-order chi connectivity index (χ0) is 27.1. The van der Waals surface area contributed by atoms with Crippen molar-refractivity contribution in [3.63, 3.8) is 0 Å². The molecular formula is C29H27BrCl2N2O3S. The first kappa shape index (κ1) is 28.6. The van der Waals surface area contributed by atoms with Gasteiger partial charge in [-0.3, -0.25) is 9.69 Å². The Hall–Kier alpha value is -2.45. The molecule has 1 saturated heterocycles. The molecule has 4 rings (SSSR count).